The van der Waals surface area contributed by atoms with Crippen molar-refractivity contribution in [2.24, 2.45) is 0 Å². The second-order valence-electron chi connectivity index (χ2n) is 8.64. The average Bonchev–Trinajstić information content (AvgIpc) is 2.88. The molecule has 2 aromatic carbocycles. The Labute approximate surface area is 211 Å². The van der Waals surface area contributed by atoms with Crippen LogP contribution in [-0.4, -0.2) is 43.7 Å². The number of hydrogen-bond acceptors (Lipinski definition) is 3. The molecule has 0 aliphatic carbocycles. The first kappa shape index (κ1) is 29.1. The van der Waals surface area contributed by atoms with E-state index < -0.39 is 66.0 Å². The molecule has 208 valence electrons. The van der Waals surface area contributed by atoms with Crippen LogP contribution in [0, 0.1) is 0 Å². The highest BCUT2D eigenvalue weighted by molar-refractivity contribution is 6.03. The number of carbonyl (C=O) groups excluding carboxylic acids is 2. The minimum absolute atomic E-state index is 0.0536. The smallest absolute Gasteiger partial charge is 0.367 e. The third-order valence-electron chi connectivity index (χ3n) is 5.74. The summed E-state index contributed by atoms with van der Waals surface area (Å²) in [4.78, 5) is 27.9. The van der Waals surface area contributed by atoms with Gasteiger partial charge in [-0.15, -0.1) is 0 Å². The molecule has 0 saturated carbocycles. The van der Waals surface area contributed by atoms with Gasteiger partial charge in [0.2, 0.25) is 5.91 Å². The molecule has 0 radical (unpaired) electrons. The van der Waals surface area contributed by atoms with E-state index in [1.807, 2.05) is 0 Å². The zero-order valence-corrected chi connectivity index (χ0v) is 19.8. The van der Waals surface area contributed by atoms with Crippen molar-refractivity contribution < 1.29 is 49.1 Å². The van der Waals surface area contributed by atoms with E-state index in [0.717, 1.165) is 0 Å². The number of nitrogens with one attached hydrogen (secondary N) is 1. The van der Waals surface area contributed by atoms with Gasteiger partial charge in [0.1, 0.15) is 12.6 Å². The Morgan fingerprint density at radius 1 is 0.947 bits per heavy atom. The second kappa shape index (κ2) is 10.7. The van der Waals surface area contributed by atoms with Crippen molar-refractivity contribution in [2.45, 2.75) is 44.3 Å². The zero-order chi connectivity index (χ0) is 28.5. The van der Waals surface area contributed by atoms with E-state index in [-0.39, 0.29) is 24.8 Å². The number of benzene rings is 2. The molecular formula is C24H22F9N3O2. The highest BCUT2D eigenvalue weighted by Gasteiger charge is 2.41. The summed E-state index contributed by atoms with van der Waals surface area (Å²) in [6, 6.07) is 5.00. The molecule has 14 heteroatoms. The number of halogens is 9. The Hall–Kier alpha value is -3.45. The van der Waals surface area contributed by atoms with Gasteiger partial charge < -0.3 is 10.2 Å². The van der Waals surface area contributed by atoms with Gasteiger partial charge in [0, 0.05) is 13.1 Å². The normalized spacial score (nSPS) is 16.8. The van der Waals surface area contributed by atoms with Crippen molar-refractivity contribution in [1.82, 2.24) is 5.32 Å². The number of para-hydroxylation sites is 2. The molecule has 38 heavy (non-hydrogen) atoms. The van der Waals surface area contributed by atoms with Crippen LogP contribution in [-0.2, 0) is 28.4 Å². The monoisotopic (exact) mass is 555 g/mol. The molecule has 0 bridgehead atoms. The maximum Gasteiger partial charge on any atom is 0.416 e. The van der Waals surface area contributed by atoms with Gasteiger partial charge in [0.05, 0.1) is 28.9 Å². The van der Waals surface area contributed by atoms with E-state index in [4.69, 9.17) is 0 Å². The molecule has 2 amide bonds. The van der Waals surface area contributed by atoms with Gasteiger partial charge in [-0.3, -0.25) is 14.5 Å². The first-order valence-electron chi connectivity index (χ1n) is 11.3. The van der Waals surface area contributed by atoms with Crippen LogP contribution in [0.4, 0.5) is 50.9 Å². The van der Waals surface area contributed by atoms with Crippen LogP contribution in [0.15, 0.2) is 42.5 Å². The lowest BCUT2D eigenvalue weighted by Gasteiger charge is -2.26. The lowest BCUT2D eigenvalue weighted by Crippen LogP contribution is -2.54. The molecular weight excluding hydrogens is 533 g/mol. The fourth-order valence-corrected chi connectivity index (χ4v) is 4.18. The molecule has 1 N–H and O–H groups in total. The van der Waals surface area contributed by atoms with Gasteiger partial charge in [-0.1, -0.05) is 25.1 Å². The standard InChI is InChI=1S/C24H22F9N3O2/c1-2-9-35-12-17(21(38)36(13-22(25,26)27)19-6-4-3-5-18(19)35)34-20(37)10-14-7-8-15(23(28,29)30)11-16(14)24(31,32)33/h3-8,11,17H,2,9-10,12-13H2,1H3,(H,34,37). The Bertz CT molecular complexity index is 1180. The summed E-state index contributed by atoms with van der Waals surface area (Å²) in [5, 5.41) is 2.19. The number of anilines is 2. The number of nitrogens with zero attached hydrogens (tertiary/aromatic N) is 2. The molecule has 2 aromatic rings. The van der Waals surface area contributed by atoms with Crippen molar-refractivity contribution in [1.29, 1.82) is 0 Å². The number of alkyl halides is 9. The summed E-state index contributed by atoms with van der Waals surface area (Å²) < 4.78 is 119. The fraction of sp³-hybridized carbons (Fsp3) is 0.417. The number of hydrogen-bond donors (Lipinski definition) is 1. The van der Waals surface area contributed by atoms with E-state index >= 15 is 0 Å². The van der Waals surface area contributed by atoms with E-state index in [1.165, 1.54) is 18.2 Å². The summed E-state index contributed by atoms with van der Waals surface area (Å²) >= 11 is 0. The van der Waals surface area contributed by atoms with Crippen LogP contribution in [0.2, 0.25) is 0 Å². The Morgan fingerprint density at radius 3 is 2.13 bits per heavy atom. The second-order valence-corrected chi connectivity index (χ2v) is 8.64. The molecule has 1 aliphatic heterocycles. The fourth-order valence-electron chi connectivity index (χ4n) is 4.18. The highest BCUT2D eigenvalue weighted by Crippen LogP contribution is 2.38. The molecule has 1 aliphatic rings. The Balaban J connectivity index is 1.93. The first-order valence-corrected chi connectivity index (χ1v) is 11.3. The predicted octanol–water partition coefficient (Wildman–Crippen LogP) is 5.58. The first-order chi connectivity index (χ1) is 17.5. The van der Waals surface area contributed by atoms with Crippen LogP contribution < -0.4 is 15.1 Å². The van der Waals surface area contributed by atoms with Gasteiger partial charge >= 0.3 is 18.5 Å². The van der Waals surface area contributed by atoms with Crippen molar-refractivity contribution in [3.8, 4) is 0 Å². The van der Waals surface area contributed by atoms with Crippen LogP contribution >= 0.6 is 0 Å². The lowest BCUT2D eigenvalue weighted by atomic mass is 10.00. The molecule has 1 heterocycles. The summed E-state index contributed by atoms with van der Waals surface area (Å²) in [5.74, 6) is -2.31. The maximum absolute atomic E-state index is 13.5. The Morgan fingerprint density at radius 2 is 1.58 bits per heavy atom. The van der Waals surface area contributed by atoms with Crippen LogP contribution in [0.25, 0.3) is 0 Å². The third kappa shape index (κ3) is 6.90. The molecule has 1 atom stereocenters. The van der Waals surface area contributed by atoms with Gasteiger partial charge in [-0.05, 0) is 36.2 Å². The molecule has 5 nitrogen and oxygen atoms in total. The Kier molecular flexibility index (Phi) is 8.22. The van der Waals surface area contributed by atoms with E-state index in [1.54, 1.807) is 17.9 Å². The van der Waals surface area contributed by atoms with E-state index in [0.29, 0.717) is 29.1 Å². The third-order valence-corrected chi connectivity index (χ3v) is 5.74. The summed E-state index contributed by atoms with van der Waals surface area (Å²) in [5.41, 5.74) is -3.80. The largest absolute Gasteiger partial charge is 0.416 e. The van der Waals surface area contributed by atoms with Crippen LogP contribution in [0.5, 0.6) is 0 Å². The van der Waals surface area contributed by atoms with Crippen molar-refractivity contribution in [3.05, 3.63) is 59.2 Å². The number of rotatable bonds is 6. The van der Waals surface area contributed by atoms with Gasteiger partial charge in [0.25, 0.3) is 5.91 Å². The summed E-state index contributed by atoms with van der Waals surface area (Å²) in [6.07, 6.45) is -15.6. The zero-order valence-electron chi connectivity index (χ0n) is 19.8. The molecule has 0 fully saturated rings. The minimum atomic E-state index is -5.22. The molecule has 0 aromatic heterocycles. The number of amides is 2. The van der Waals surface area contributed by atoms with Crippen molar-refractivity contribution in [2.75, 3.05) is 29.4 Å². The lowest BCUT2D eigenvalue weighted by molar-refractivity contribution is -0.143. The van der Waals surface area contributed by atoms with Gasteiger partial charge in [-0.2, -0.15) is 39.5 Å². The van der Waals surface area contributed by atoms with E-state index in [9.17, 15) is 49.1 Å². The summed E-state index contributed by atoms with van der Waals surface area (Å²) in [6.45, 7) is 0.114. The van der Waals surface area contributed by atoms with Gasteiger partial charge in [-0.25, -0.2) is 0 Å². The van der Waals surface area contributed by atoms with Crippen LogP contribution in [0.3, 0.4) is 0 Å². The van der Waals surface area contributed by atoms with Crippen molar-refractivity contribution in [3.63, 3.8) is 0 Å². The quantitative estimate of drug-likeness (QED) is 0.474. The number of carbonyl (C=O) groups is 2. The minimum Gasteiger partial charge on any atom is -0.367 e. The molecule has 0 saturated heterocycles. The van der Waals surface area contributed by atoms with Gasteiger partial charge in [0.15, 0.2) is 0 Å². The van der Waals surface area contributed by atoms with Crippen LogP contribution in [0.1, 0.15) is 30.0 Å². The SMILES string of the molecule is CCCN1CC(NC(=O)Cc2ccc(C(F)(F)F)cc2C(F)(F)F)C(=O)N(CC(F)(F)F)c2ccccc21. The molecule has 1 unspecified atom stereocenters. The predicted molar refractivity (Wildman–Crippen MR) is 119 cm³/mol. The highest BCUT2D eigenvalue weighted by atomic mass is 19.4. The molecule has 3 rings (SSSR count). The topological polar surface area (TPSA) is 52.7 Å². The molecule has 0 spiro atoms. The summed E-state index contributed by atoms with van der Waals surface area (Å²) in [7, 11) is 0. The van der Waals surface area contributed by atoms with E-state index in [2.05, 4.69) is 5.32 Å². The maximum atomic E-state index is 13.5. The number of fused-ring (bicyclic) bond motifs is 1. The average molecular weight is 555 g/mol. The van der Waals surface area contributed by atoms with Crippen molar-refractivity contribution >= 4 is 23.2 Å².